The topological polar surface area (TPSA) is 52.3 Å². The lowest BCUT2D eigenvalue weighted by Gasteiger charge is -2.33. The normalized spacial score (nSPS) is 38.5. The lowest BCUT2D eigenvalue weighted by Crippen LogP contribution is -2.40. The van der Waals surface area contributed by atoms with Crippen LogP contribution in [0.1, 0.15) is 46.5 Å². The highest BCUT2D eigenvalue weighted by Crippen LogP contribution is 2.47. The molecule has 2 fully saturated rings. The summed E-state index contributed by atoms with van der Waals surface area (Å²) in [6, 6.07) is 0.302. The lowest BCUT2D eigenvalue weighted by atomic mass is 9.76. The minimum atomic E-state index is -0.365. The molecule has 0 spiro atoms. The number of ether oxygens (including phenoxy) is 1. The van der Waals surface area contributed by atoms with Crippen LogP contribution in [-0.4, -0.2) is 17.6 Å². The number of rotatable bonds is 1. The predicted octanol–water partition coefficient (Wildman–Crippen LogP) is 2.09. The molecule has 0 aromatic heterocycles. The van der Waals surface area contributed by atoms with E-state index in [1.807, 2.05) is 20.8 Å². The molecule has 0 aliphatic heterocycles. The number of esters is 1. The number of carbonyl (C=O) groups is 1. The SMILES string of the molecule is CC(C)(C)OC(=O)C1C2CCC1CC(N)C2. The van der Waals surface area contributed by atoms with E-state index in [2.05, 4.69) is 0 Å². The average Bonchev–Trinajstić information content (AvgIpc) is 2.36. The molecule has 2 atom stereocenters. The summed E-state index contributed by atoms with van der Waals surface area (Å²) >= 11 is 0. The van der Waals surface area contributed by atoms with Crippen molar-refractivity contribution in [3.8, 4) is 0 Å². The zero-order chi connectivity index (χ0) is 11.9. The molecule has 2 aliphatic carbocycles. The quantitative estimate of drug-likeness (QED) is 0.695. The van der Waals surface area contributed by atoms with Gasteiger partial charge in [-0.25, -0.2) is 0 Å². The molecule has 2 aliphatic rings. The lowest BCUT2D eigenvalue weighted by molar-refractivity contribution is -0.164. The van der Waals surface area contributed by atoms with Crippen molar-refractivity contribution in [3.05, 3.63) is 0 Å². The molecule has 92 valence electrons. The fraction of sp³-hybridized carbons (Fsp3) is 0.923. The van der Waals surface area contributed by atoms with Crippen LogP contribution >= 0.6 is 0 Å². The van der Waals surface area contributed by atoms with E-state index in [4.69, 9.17) is 10.5 Å². The van der Waals surface area contributed by atoms with E-state index >= 15 is 0 Å². The van der Waals surface area contributed by atoms with E-state index in [0.717, 1.165) is 25.7 Å². The average molecular weight is 225 g/mol. The van der Waals surface area contributed by atoms with E-state index in [-0.39, 0.29) is 17.5 Å². The number of carbonyl (C=O) groups excluding carboxylic acids is 1. The minimum Gasteiger partial charge on any atom is -0.460 e. The van der Waals surface area contributed by atoms with Crippen molar-refractivity contribution in [2.45, 2.75) is 58.1 Å². The smallest absolute Gasteiger partial charge is 0.310 e. The summed E-state index contributed by atoms with van der Waals surface area (Å²) in [4.78, 5) is 12.1. The molecule has 2 bridgehead atoms. The van der Waals surface area contributed by atoms with Crippen molar-refractivity contribution < 1.29 is 9.53 Å². The Hall–Kier alpha value is -0.570. The molecule has 0 heterocycles. The molecule has 0 aromatic rings. The van der Waals surface area contributed by atoms with E-state index < -0.39 is 0 Å². The van der Waals surface area contributed by atoms with Crippen LogP contribution in [0.5, 0.6) is 0 Å². The number of nitrogens with two attached hydrogens (primary N) is 1. The van der Waals surface area contributed by atoms with Crippen LogP contribution < -0.4 is 5.73 Å². The Morgan fingerprint density at radius 1 is 1.19 bits per heavy atom. The summed E-state index contributed by atoms with van der Waals surface area (Å²) in [5.41, 5.74) is 5.63. The molecule has 0 radical (unpaired) electrons. The molecule has 2 saturated carbocycles. The van der Waals surface area contributed by atoms with Gasteiger partial charge in [0.1, 0.15) is 5.60 Å². The van der Waals surface area contributed by atoms with Crippen molar-refractivity contribution in [1.29, 1.82) is 0 Å². The number of fused-ring (bicyclic) bond motifs is 2. The highest BCUT2D eigenvalue weighted by atomic mass is 16.6. The number of hydrogen-bond acceptors (Lipinski definition) is 3. The number of hydrogen-bond donors (Lipinski definition) is 1. The van der Waals surface area contributed by atoms with Crippen LogP contribution in [0.3, 0.4) is 0 Å². The third kappa shape index (κ3) is 2.40. The second kappa shape index (κ2) is 4.02. The largest absolute Gasteiger partial charge is 0.460 e. The first-order valence-electron chi connectivity index (χ1n) is 6.35. The zero-order valence-corrected chi connectivity index (χ0v) is 10.5. The van der Waals surface area contributed by atoms with Crippen LogP contribution in [-0.2, 0) is 9.53 Å². The maximum absolute atomic E-state index is 12.1. The third-order valence-electron chi connectivity index (χ3n) is 3.81. The van der Waals surface area contributed by atoms with Crippen molar-refractivity contribution in [3.63, 3.8) is 0 Å². The molecule has 0 saturated heterocycles. The van der Waals surface area contributed by atoms with Crippen molar-refractivity contribution in [2.75, 3.05) is 0 Å². The van der Waals surface area contributed by atoms with E-state index in [9.17, 15) is 4.79 Å². The summed E-state index contributed by atoms with van der Waals surface area (Å²) in [7, 11) is 0. The Labute approximate surface area is 97.7 Å². The molecule has 2 unspecified atom stereocenters. The molecule has 0 amide bonds. The fourth-order valence-corrected chi connectivity index (χ4v) is 3.33. The first kappa shape index (κ1) is 11.9. The summed E-state index contributed by atoms with van der Waals surface area (Å²) < 4.78 is 5.51. The van der Waals surface area contributed by atoms with Crippen molar-refractivity contribution in [2.24, 2.45) is 23.5 Å². The third-order valence-corrected chi connectivity index (χ3v) is 3.81. The van der Waals surface area contributed by atoms with Crippen molar-refractivity contribution >= 4 is 5.97 Å². The maximum atomic E-state index is 12.1. The van der Waals surface area contributed by atoms with E-state index in [1.165, 1.54) is 0 Å². The Morgan fingerprint density at radius 2 is 1.69 bits per heavy atom. The first-order valence-corrected chi connectivity index (χ1v) is 6.35. The molecular formula is C13H23NO2. The van der Waals surface area contributed by atoms with Gasteiger partial charge in [-0.05, 0) is 58.3 Å². The molecule has 16 heavy (non-hydrogen) atoms. The van der Waals surface area contributed by atoms with Crippen LogP contribution in [0, 0.1) is 17.8 Å². The molecule has 3 nitrogen and oxygen atoms in total. The molecule has 2 N–H and O–H groups in total. The van der Waals surface area contributed by atoms with Gasteiger partial charge in [0, 0.05) is 6.04 Å². The van der Waals surface area contributed by atoms with Gasteiger partial charge in [0.25, 0.3) is 0 Å². The van der Waals surface area contributed by atoms with E-state index in [1.54, 1.807) is 0 Å². The minimum absolute atomic E-state index is 0.00639. The fourth-order valence-electron chi connectivity index (χ4n) is 3.33. The Bertz CT molecular complexity index is 268. The van der Waals surface area contributed by atoms with Crippen LogP contribution in [0.2, 0.25) is 0 Å². The van der Waals surface area contributed by atoms with Gasteiger partial charge in [0.2, 0.25) is 0 Å². The van der Waals surface area contributed by atoms with Gasteiger partial charge in [0.15, 0.2) is 0 Å². The highest BCUT2D eigenvalue weighted by Gasteiger charge is 2.46. The van der Waals surface area contributed by atoms with Gasteiger partial charge < -0.3 is 10.5 Å². The summed E-state index contributed by atoms with van der Waals surface area (Å²) in [5, 5.41) is 0. The zero-order valence-electron chi connectivity index (χ0n) is 10.5. The molecular weight excluding hydrogens is 202 g/mol. The standard InChI is InChI=1S/C13H23NO2/c1-13(2,3)16-12(15)11-8-4-5-9(11)7-10(14)6-8/h8-11H,4-7,14H2,1-3H3. The van der Waals surface area contributed by atoms with Gasteiger partial charge in [-0.2, -0.15) is 0 Å². The van der Waals surface area contributed by atoms with E-state index in [0.29, 0.717) is 17.9 Å². The second-order valence-corrected chi connectivity index (χ2v) is 6.39. The van der Waals surface area contributed by atoms with Gasteiger partial charge in [0.05, 0.1) is 5.92 Å². The molecule has 3 heteroatoms. The highest BCUT2D eigenvalue weighted by molar-refractivity contribution is 5.74. The monoisotopic (exact) mass is 225 g/mol. The summed E-state index contributed by atoms with van der Waals surface area (Å²) in [5.74, 6) is 1.08. The van der Waals surface area contributed by atoms with Gasteiger partial charge in [-0.1, -0.05) is 0 Å². The Kier molecular flexibility index (Phi) is 2.99. The Morgan fingerprint density at radius 3 is 2.12 bits per heavy atom. The molecule has 0 aromatic carbocycles. The molecule has 2 rings (SSSR count). The summed E-state index contributed by atoms with van der Waals surface area (Å²) in [6.07, 6.45) is 4.31. The van der Waals surface area contributed by atoms with Crippen LogP contribution in [0.25, 0.3) is 0 Å². The summed E-state index contributed by atoms with van der Waals surface area (Å²) in [6.45, 7) is 5.80. The predicted molar refractivity (Wildman–Crippen MR) is 62.8 cm³/mol. The Balaban J connectivity index is 2.03. The van der Waals surface area contributed by atoms with Crippen molar-refractivity contribution in [1.82, 2.24) is 0 Å². The maximum Gasteiger partial charge on any atom is 0.310 e. The van der Waals surface area contributed by atoms with Gasteiger partial charge in [-0.15, -0.1) is 0 Å². The van der Waals surface area contributed by atoms with Crippen LogP contribution in [0.4, 0.5) is 0 Å². The second-order valence-electron chi connectivity index (χ2n) is 6.39. The first-order chi connectivity index (χ1) is 7.37. The van der Waals surface area contributed by atoms with Gasteiger partial charge >= 0.3 is 5.97 Å². The van der Waals surface area contributed by atoms with Gasteiger partial charge in [-0.3, -0.25) is 4.79 Å². The van der Waals surface area contributed by atoms with Crippen LogP contribution in [0.15, 0.2) is 0 Å².